The second-order valence-corrected chi connectivity index (χ2v) is 10.3. The molecule has 16 heavy (non-hydrogen) atoms. The van der Waals surface area contributed by atoms with Crippen LogP contribution >= 0.6 is 0 Å². The van der Waals surface area contributed by atoms with Crippen molar-refractivity contribution in [2.45, 2.75) is 45.8 Å². The van der Waals surface area contributed by atoms with E-state index in [1.165, 1.54) is 6.92 Å². The van der Waals surface area contributed by atoms with Gasteiger partial charge >= 0.3 is 0 Å². The van der Waals surface area contributed by atoms with E-state index in [4.69, 9.17) is 4.43 Å². The summed E-state index contributed by atoms with van der Waals surface area (Å²) in [4.78, 5) is 22.0. The molecule has 0 aromatic heterocycles. The Morgan fingerprint density at radius 1 is 1.25 bits per heavy atom. The van der Waals surface area contributed by atoms with E-state index in [2.05, 4.69) is 39.2 Å². The van der Waals surface area contributed by atoms with E-state index in [9.17, 15) is 9.59 Å². The molecule has 0 saturated heterocycles. The van der Waals surface area contributed by atoms with Crippen LogP contribution in [-0.4, -0.2) is 33.2 Å². The van der Waals surface area contributed by atoms with Crippen molar-refractivity contribution in [1.82, 2.24) is 5.32 Å². The fourth-order valence-corrected chi connectivity index (χ4v) is 1.71. The van der Waals surface area contributed by atoms with Crippen molar-refractivity contribution in [2.75, 3.05) is 13.2 Å². The average Bonchev–Trinajstić information content (AvgIpc) is 2.09. The Bertz CT molecular complexity index is 269. The topological polar surface area (TPSA) is 55.4 Å². The molecule has 1 amide bonds. The Labute approximate surface area is 98.9 Å². The number of hydrogen-bond donors (Lipinski definition) is 1. The van der Waals surface area contributed by atoms with Gasteiger partial charge in [-0.15, -0.1) is 0 Å². The van der Waals surface area contributed by atoms with E-state index in [-0.39, 0.29) is 29.9 Å². The average molecular weight is 245 g/mol. The maximum atomic E-state index is 11.4. The number of Topliss-reactive ketones (excluding diaryl/α,β-unsaturated/α-hetero) is 1. The van der Waals surface area contributed by atoms with Crippen molar-refractivity contribution in [2.24, 2.45) is 0 Å². The number of ketones is 1. The van der Waals surface area contributed by atoms with Gasteiger partial charge in [-0.3, -0.25) is 9.59 Å². The Morgan fingerprint density at radius 3 is 2.12 bits per heavy atom. The molecule has 5 heteroatoms. The fraction of sp³-hybridized carbons (Fsp3) is 0.818. The van der Waals surface area contributed by atoms with E-state index in [1.54, 1.807) is 0 Å². The lowest BCUT2D eigenvalue weighted by molar-refractivity contribution is -0.125. The Hall–Kier alpha value is -0.683. The highest BCUT2D eigenvalue weighted by molar-refractivity contribution is 6.74. The molecule has 0 rings (SSSR count). The summed E-state index contributed by atoms with van der Waals surface area (Å²) >= 11 is 0. The first-order valence-corrected chi connectivity index (χ1v) is 8.37. The van der Waals surface area contributed by atoms with Crippen LogP contribution in [0.5, 0.6) is 0 Å². The molecule has 0 saturated carbocycles. The molecule has 4 nitrogen and oxygen atoms in total. The third-order valence-electron chi connectivity index (χ3n) is 2.93. The lowest BCUT2D eigenvalue weighted by Gasteiger charge is -2.35. The summed E-state index contributed by atoms with van der Waals surface area (Å²) in [6.07, 6.45) is 0. The number of carbonyl (C=O) groups is 2. The normalized spacial score (nSPS) is 12.4. The van der Waals surface area contributed by atoms with Gasteiger partial charge in [0.05, 0.1) is 13.2 Å². The third kappa shape index (κ3) is 5.41. The van der Waals surface area contributed by atoms with E-state index in [1.807, 2.05) is 0 Å². The zero-order chi connectivity index (χ0) is 13.0. The lowest BCUT2D eigenvalue weighted by Crippen LogP contribution is -2.43. The third-order valence-corrected chi connectivity index (χ3v) is 7.41. The van der Waals surface area contributed by atoms with E-state index in [0.29, 0.717) is 0 Å². The molecule has 0 fully saturated rings. The number of amides is 1. The van der Waals surface area contributed by atoms with Crippen LogP contribution in [0.2, 0.25) is 18.1 Å². The first-order valence-electron chi connectivity index (χ1n) is 5.46. The number of carbonyl (C=O) groups excluding carboxylic acids is 2. The smallest absolute Gasteiger partial charge is 0.217 e. The molecule has 0 aliphatic carbocycles. The highest BCUT2D eigenvalue weighted by Gasteiger charge is 2.37. The van der Waals surface area contributed by atoms with Crippen molar-refractivity contribution in [3.63, 3.8) is 0 Å². The van der Waals surface area contributed by atoms with Gasteiger partial charge in [0.15, 0.2) is 14.1 Å². The molecular formula is C11H23NO3Si. The summed E-state index contributed by atoms with van der Waals surface area (Å²) < 4.78 is 5.73. The monoisotopic (exact) mass is 245 g/mol. The molecule has 94 valence electrons. The number of hydrogen-bond acceptors (Lipinski definition) is 3. The van der Waals surface area contributed by atoms with Gasteiger partial charge in [-0.2, -0.15) is 0 Å². The molecular weight excluding hydrogens is 222 g/mol. The molecule has 0 atom stereocenters. The summed E-state index contributed by atoms with van der Waals surface area (Å²) in [5, 5.41) is 2.57. The maximum Gasteiger partial charge on any atom is 0.217 e. The molecule has 0 radical (unpaired) electrons. The lowest BCUT2D eigenvalue weighted by atomic mass is 10.2. The number of rotatable bonds is 5. The SMILES string of the molecule is CC(=O)NCC(=O)CO[Si](C)(C)C(C)(C)C. The first-order chi connectivity index (χ1) is 7.06. The molecule has 0 heterocycles. The molecule has 0 spiro atoms. The van der Waals surface area contributed by atoms with Crippen LogP contribution in [0.15, 0.2) is 0 Å². The van der Waals surface area contributed by atoms with E-state index in [0.717, 1.165) is 0 Å². The zero-order valence-corrected chi connectivity index (χ0v) is 12.1. The highest BCUT2D eigenvalue weighted by atomic mass is 28.4. The molecule has 0 aliphatic heterocycles. The van der Waals surface area contributed by atoms with Gasteiger partial charge in [0, 0.05) is 6.92 Å². The van der Waals surface area contributed by atoms with Crippen LogP contribution in [0.1, 0.15) is 27.7 Å². The molecule has 0 aliphatic rings. The van der Waals surface area contributed by atoms with Crippen LogP contribution in [0.4, 0.5) is 0 Å². The molecule has 0 unspecified atom stereocenters. The molecule has 0 aromatic carbocycles. The van der Waals surface area contributed by atoms with Crippen molar-refractivity contribution in [3.8, 4) is 0 Å². The predicted molar refractivity (Wildman–Crippen MR) is 66.8 cm³/mol. The molecule has 1 N–H and O–H groups in total. The first kappa shape index (κ1) is 15.3. The summed E-state index contributed by atoms with van der Waals surface area (Å²) in [5.74, 6) is -0.277. The maximum absolute atomic E-state index is 11.4. The fourth-order valence-electron chi connectivity index (χ4n) is 0.752. The van der Waals surface area contributed by atoms with E-state index < -0.39 is 8.32 Å². The van der Waals surface area contributed by atoms with Crippen molar-refractivity contribution in [3.05, 3.63) is 0 Å². The van der Waals surface area contributed by atoms with Crippen LogP contribution in [-0.2, 0) is 14.0 Å². The van der Waals surface area contributed by atoms with Gasteiger partial charge < -0.3 is 9.74 Å². The quantitative estimate of drug-likeness (QED) is 0.750. The Morgan fingerprint density at radius 2 is 1.75 bits per heavy atom. The van der Waals surface area contributed by atoms with Crippen LogP contribution in [0.3, 0.4) is 0 Å². The van der Waals surface area contributed by atoms with Gasteiger partial charge in [-0.25, -0.2) is 0 Å². The van der Waals surface area contributed by atoms with Crippen LogP contribution in [0.25, 0.3) is 0 Å². The van der Waals surface area contributed by atoms with Gasteiger partial charge in [0.2, 0.25) is 5.91 Å². The van der Waals surface area contributed by atoms with Crippen LogP contribution < -0.4 is 5.32 Å². The van der Waals surface area contributed by atoms with Gasteiger partial charge in [0.25, 0.3) is 0 Å². The van der Waals surface area contributed by atoms with E-state index >= 15 is 0 Å². The Kier molecular flexibility index (Phi) is 5.35. The highest BCUT2D eigenvalue weighted by Crippen LogP contribution is 2.36. The predicted octanol–water partition coefficient (Wildman–Crippen LogP) is 1.71. The van der Waals surface area contributed by atoms with Crippen molar-refractivity contribution >= 4 is 20.0 Å². The van der Waals surface area contributed by atoms with Crippen molar-refractivity contribution in [1.29, 1.82) is 0 Å². The summed E-state index contributed by atoms with van der Waals surface area (Å²) in [6.45, 7) is 12.1. The second-order valence-electron chi connectivity index (χ2n) is 5.50. The standard InChI is InChI=1S/C11H23NO3Si/c1-9(13)12-7-10(14)8-15-16(5,6)11(2,3)4/h7-8H2,1-6H3,(H,12,13). The summed E-state index contributed by atoms with van der Waals surface area (Å²) in [6, 6.07) is 0. The largest absolute Gasteiger partial charge is 0.409 e. The molecule has 0 bridgehead atoms. The number of nitrogens with one attached hydrogen (secondary N) is 1. The van der Waals surface area contributed by atoms with Gasteiger partial charge in [-0.1, -0.05) is 20.8 Å². The van der Waals surface area contributed by atoms with Crippen molar-refractivity contribution < 1.29 is 14.0 Å². The van der Waals surface area contributed by atoms with Gasteiger partial charge in [-0.05, 0) is 18.1 Å². The molecule has 0 aromatic rings. The minimum atomic E-state index is -1.86. The minimum Gasteiger partial charge on any atom is -0.409 e. The van der Waals surface area contributed by atoms with Gasteiger partial charge in [0.1, 0.15) is 0 Å². The minimum absolute atomic E-state index is 0.0595. The van der Waals surface area contributed by atoms with Crippen LogP contribution in [0, 0.1) is 0 Å². The Balaban J connectivity index is 4.06. The summed E-state index contributed by atoms with van der Waals surface area (Å²) in [5.41, 5.74) is 0. The zero-order valence-electron chi connectivity index (χ0n) is 11.1. The second kappa shape index (κ2) is 5.59. The summed E-state index contributed by atoms with van der Waals surface area (Å²) in [7, 11) is -1.86.